The standard InChI is InChI=1S/C14H22N4O2/c1-9-6-11(2-3-12(9)15)18-8-10(17-4-5-19)7-13(18)14(16)20/h2-3,6,10,13,17,19H,4-5,7-8,15H2,1H3,(H2,16,20). The van der Waals surface area contributed by atoms with Crippen molar-refractivity contribution in [3.63, 3.8) is 0 Å². The molecule has 6 heteroatoms. The minimum absolute atomic E-state index is 0.0821. The van der Waals surface area contributed by atoms with E-state index in [-0.39, 0.29) is 24.6 Å². The Hall–Kier alpha value is -1.79. The molecule has 1 saturated heterocycles. The Morgan fingerprint density at radius 2 is 2.30 bits per heavy atom. The zero-order valence-corrected chi connectivity index (χ0v) is 11.7. The fourth-order valence-corrected chi connectivity index (χ4v) is 2.65. The molecule has 1 aliphatic rings. The van der Waals surface area contributed by atoms with Gasteiger partial charge in [-0.2, -0.15) is 0 Å². The number of primary amides is 1. The second-order valence-corrected chi connectivity index (χ2v) is 5.22. The Kier molecular flexibility index (Phi) is 4.46. The van der Waals surface area contributed by atoms with Crippen LogP contribution in [0.4, 0.5) is 11.4 Å². The molecule has 1 amide bonds. The third kappa shape index (κ3) is 3.02. The summed E-state index contributed by atoms with van der Waals surface area (Å²) in [6.45, 7) is 3.23. The first-order valence-corrected chi connectivity index (χ1v) is 6.79. The number of nitrogens with zero attached hydrogens (tertiary/aromatic N) is 1. The summed E-state index contributed by atoms with van der Waals surface area (Å²) >= 11 is 0. The summed E-state index contributed by atoms with van der Waals surface area (Å²) in [5.74, 6) is -0.326. The number of aliphatic hydroxyl groups is 1. The Balaban J connectivity index is 2.18. The van der Waals surface area contributed by atoms with Gasteiger partial charge >= 0.3 is 0 Å². The zero-order chi connectivity index (χ0) is 14.7. The van der Waals surface area contributed by atoms with E-state index in [2.05, 4.69) is 5.32 Å². The smallest absolute Gasteiger partial charge is 0.240 e. The van der Waals surface area contributed by atoms with Crippen molar-refractivity contribution >= 4 is 17.3 Å². The highest BCUT2D eigenvalue weighted by Gasteiger charge is 2.35. The molecular weight excluding hydrogens is 256 g/mol. The van der Waals surface area contributed by atoms with Crippen LogP contribution in [-0.4, -0.2) is 42.8 Å². The van der Waals surface area contributed by atoms with E-state index < -0.39 is 0 Å². The lowest BCUT2D eigenvalue weighted by Gasteiger charge is -2.25. The fourth-order valence-electron chi connectivity index (χ4n) is 2.65. The van der Waals surface area contributed by atoms with Crippen LogP contribution in [0.15, 0.2) is 18.2 Å². The van der Waals surface area contributed by atoms with Crippen molar-refractivity contribution in [3.05, 3.63) is 23.8 Å². The van der Waals surface area contributed by atoms with E-state index in [1.807, 2.05) is 30.0 Å². The molecule has 110 valence electrons. The molecular formula is C14H22N4O2. The van der Waals surface area contributed by atoms with Gasteiger partial charge in [-0.15, -0.1) is 0 Å². The van der Waals surface area contributed by atoms with Crippen LogP contribution >= 0.6 is 0 Å². The molecule has 0 aromatic heterocycles. The number of nitrogens with two attached hydrogens (primary N) is 2. The van der Waals surface area contributed by atoms with E-state index in [9.17, 15) is 4.79 Å². The number of aliphatic hydroxyl groups excluding tert-OH is 1. The maximum Gasteiger partial charge on any atom is 0.240 e. The summed E-state index contributed by atoms with van der Waals surface area (Å²) in [5, 5.41) is 12.1. The number of nitrogen functional groups attached to an aromatic ring is 1. The minimum atomic E-state index is -0.326. The third-order valence-corrected chi connectivity index (χ3v) is 3.76. The number of carbonyl (C=O) groups excluding carboxylic acids is 1. The van der Waals surface area contributed by atoms with E-state index in [0.717, 1.165) is 16.9 Å². The maximum atomic E-state index is 11.6. The molecule has 1 aliphatic heterocycles. The first-order chi connectivity index (χ1) is 9.52. The lowest BCUT2D eigenvalue weighted by Crippen LogP contribution is -2.40. The average molecular weight is 278 g/mol. The SMILES string of the molecule is Cc1cc(N2CC(NCCO)CC2C(N)=O)ccc1N. The zero-order valence-electron chi connectivity index (χ0n) is 11.7. The van der Waals surface area contributed by atoms with Crippen LogP contribution in [0.1, 0.15) is 12.0 Å². The summed E-state index contributed by atoms with van der Waals surface area (Å²) in [6.07, 6.45) is 0.652. The number of anilines is 2. The Labute approximate surface area is 118 Å². The lowest BCUT2D eigenvalue weighted by molar-refractivity contribution is -0.119. The van der Waals surface area contributed by atoms with Crippen LogP contribution in [-0.2, 0) is 4.79 Å². The normalized spacial score (nSPS) is 22.2. The molecule has 0 saturated carbocycles. The number of hydrogen-bond acceptors (Lipinski definition) is 5. The van der Waals surface area contributed by atoms with Crippen molar-refractivity contribution in [3.8, 4) is 0 Å². The van der Waals surface area contributed by atoms with Gasteiger partial charge in [-0.05, 0) is 37.1 Å². The third-order valence-electron chi connectivity index (χ3n) is 3.76. The number of hydrogen-bond donors (Lipinski definition) is 4. The van der Waals surface area contributed by atoms with Crippen molar-refractivity contribution in [2.45, 2.75) is 25.4 Å². The van der Waals surface area contributed by atoms with Crippen molar-refractivity contribution in [2.24, 2.45) is 5.73 Å². The lowest BCUT2D eigenvalue weighted by atomic mass is 10.1. The fraction of sp³-hybridized carbons (Fsp3) is 0.500. The first kappa shape index (κ1) is 14.6. The Morgan fingerprint density at radius 3 is 2.90 bits per heavy atom. The largest absolute Gasteiger partial charge is 0.399 e. The van der Waals surface area contributed by atoms with Gasteiger partial charge in [-0.1, -0.05) is 0 Å². The van der Waals surface area contributed by atoms with Gasteiger partial charge in [0.1, 0.15) is 6.04 Å². The second-order valence-electron chi connectivity index (χ2n) is 5.22. The van der Waals surface area contributed by atoms with E-state index in [4.69, 9.17) is 16.6 Å². The molecule has 6 N–H and O–H groups in total. The van der Waals surface area contributed by atoms with Gasteiger partial charge in [0.05, 0.1) is 6.61 Å². The molecule has 6 nitrogen and oxygen atoms in total. The number of amides is 1. The van der Waals surface area contributed by atoms with Crippen LogP contribution in [0.5, 0.6) is 0 Å². The molecule has 2 rings (SSSR count). The Morgan fingerprint density at radius 1 is 1.55 bits per heavy atom. The highest BCUT2D eigenvalue weighted by atomic mass is 16.3. The predicted molar refractivity (Wildman–Crippen MR) is 79.4 cm³/mol. The van der Waals surface area contributed by atoms with E-state index in [1.165, 1.54) is 0 Å². The van der Waals surface area contributed by atoms with Crippen LogP contribution in [0.25, 0.3) is 0 Å². The highest BCUT2D eigenvalue weighted by molar-refractivity contribution is 5.84. The summed E-state index contributed by atoms with van der Waals surface area (Å²) in [6, 6.07) is 5.55. The maximum absolute atomic E-state index is 11.6. The number of aryl methyl sites for hydroxylation is 1. The van der Waals surface area contributed by atoms with Crippen molar-refractivity contribution < 1.29 is 9.90 Å². The summed E-state index contributed by atoms with van der Waals surface area (Å²) in [4.78, 5) is 13.6. The molecule has 1 heterocycles. The number of nitrogens with one attached hydrogen (secondary N) is 1. The molecule has 1 aromatic rings. The second kappa shape index (κ2) is 6.11. The molecule has 0 spiro atoms. The number of rotatable bonds is 5. The van der Waals surface area contributed by atoms with Gasteiger partial charge in [0.2, 0.25) is 5.91 Å². The number of carbonyl (C=O) groups is 1. The highest BCUT2D eigenvalue weighted by Crippen LogP contribution is 2.28. The summed E-state index contributed by atoms with van der Waals surface area (Å²) in [5.41, 5.74) is 14.0. The van der Waals surface area contributed by atoms with Gasteiger partial charge in [-0.25, -0.2) is 0 Å². The van der Waals surface area contributed by atoms with Crippen molar-refractivity contribution in [1.29, 1.82) is 0 Å². The molecule has 1 fully saturated rings. The molecule has 0 radical (unpaired) electrons. The van der Waals surface area contributed by atoms with Gasteiger partial charge in [0.15, 0.2) is 0 Å². The molecule has 0 aliphatic carbocycles. The number of benzene rings is 1. The van der Waals surface area contributed by atoms with Crippen LogP contribution in [0, 0.1) is 6.92 Å². The van der Waals surface area contributed by atoms with Gasteiger partial charge in [0.25, 0.3) is 0 Å². The van der Waals surface area contributed by atoms with E-state index >= 15 is 0 Å². The Bertz CT molecular complexity index is 492. The predicted octanol–water partition coefficient (Wildman–Crippen LogP) is -0.408. The summed E-state index contributed by atoms with van der Waals surface area (Å²) in [7, 11) is 0. The molecule has 2 atom stereocenters. The summed E-state index contributed by atoms with van der Waals surface area (Å²) < 4.78 is 0. The molecule has 2 unspecified atom stereocenters. The van der Waals surface area contributed by atoms with Crippen molar-refractivity contribution in [1.82, 2.24) is 5.32 Å². The van der Waals surface area contributed by atoms with Crippen molar-refractivity contribution in [2.75, 3.05) is 30.3 Å². The molecule has 0 bridgehead atoms. The quantitative estimate of drug-likeness (QED) is 0.548. The van der Waals surface area contributed by atoms with Gasteiger partial charge < -0.3 is 26.8 Å². The van der Waals surface area contributed by atoms with E-state index in [1.54, 1.807) is 0 Å². The van der Waals surface area contributed by atoms with Crippen LogP contribution in [0.3, 0.4) is 0 Å². The van der Waals surface area contributed by atoms with E-state index in [0.29, 0.717) is 19.5 Å². The first-order valence-electron chi connectivity index (χ1n) is 6.79. The van der Waals surface area contributed by atoms with Gasteiger partial charge in [0, 0.05) is 30.5 Å². The van der Waals surface area contributed by atoms with Gasteiger partial charge in [-0.3, -0.25) is 4.79 Å². The monoisotopic (exact) mass is 278 g/mol. The van der Waals surface area contributed by atoms with Crippen LogP contribution in [0.2, 0.25) is 0 Å². The topological polar surface area (TPSA) is 105 Å². The molecule has 1 aromatic carbocycles. The average Bonchev–Trinajstić information content (AvgIpc) is 2.84. The molecule has 20 heavy (non-hydrogen) atoms. The minimum Gasteiger partial charge on any atom is -0.399 e. The van der Waals surface area contributed by atoms with Crippen LogP contribution < -0.4 is 21.7 Å².